The van der Waals surface area contributed by atoms with Crippen LogP contribution < -0.4 is 20.1 Å². The fourth-order valence-electron chi connectivity index (χ4n) is 2.23. The molecule has 0 aliphatic heterocycles. The summed E-state index contributed by atoms with van der Waals surface area (Å²) in [4.78, 5) is 11.8. The fourth-order valence-corrected chi connectivity index (χ4v) is 2.23. The second kappa shape index (κ2) is 8.86. The Morgan fingerprint density at radius 2 is 1.76 bits per heavy atom. The number of benzene rings is 2. The molecule has 25 heavy (non-hydrogen) atoms. The van der Waals surface area contributed by atoms with Crippen LogP contribution in [0.25, 0.3) is 0 Å². The van der Waals surface area contributed by atoms with Gasteiger partial charge < -0.3 is 20.1 Å². The molecule has 0 saturated heterocycles. The molecule has 0 aliphatic carbocycles. The highest BCUT2D eigenvalue weighted by atomic mass is 19.2. The Kier molecular flexibility index (Phi) is 6.56. The monoisotopic (exact) mass is 350 g/mol. The summed E-state index contributed by atoms with van der Waals surface area (Å²) in [7, 11) is 3.13. The van der Waals surface area contributed by atoms with Crippen molar-refractivity contribution in [2.24, 2.45) is 0 Å². The van der Waals surface area contributed by atoms with Crippen LogP contribution in [0.1, 0.15) is 5.56 Å². The van der Waals surface area contributed by atoms with Gasteiger partial charge in [-0.2, -0.15) is 0 Å². The first kappa shape index (κ1) is 18.5. The van der Waals surface area contributed by atoms with Crippen LogP contribution >= 0.6 is 0 Å². The molecule has 7 heteroatoms. The van der Waals surface area contributed by atoms with Gasteiger partial charge in [-0.3, -0.25) is 4.79 Å². The van der Waals surface area contributed by atoms with Crippen molar-refractivity contribution >= 4 is 11.6 Å². The number of ether oxygens (including phenoxy) is 2. The molecule has 0 heterocycles. The highest BCUT2D eigenvalue weighted by molar-refractivity contribution is 5.80. The molecule has 0 atom stereocenters. The van der Waals surface area contributed by atoms with Crippen molar-refractivity contribution in [1.29, 1.82) is 0 Å². The van der Waals surface area contributed by atoms with E-state index in [9.17, 15) is 13.6 Å². The lowest BCUT2D eigenvalue weighted by molar-refractivity contribution is -0.119. The van der Waals surface area contributed by atoms with E-state index in [1.54, 1.807) is 20.3 Å². The number of halogens is 2. The molecular formula is C18H20F2N2O3. The normalized spacial score (nSPS) is 10.2. The first-order valence-corrected chi connectivity index (χ1v) is 7.70. The molecule has 1 amide bonds. The molecule has 2 aromatic rings. The summed E-state index contributed by atoms with van der Waals surface area (Å²) in [6, 6.07) is 8.94. The summed E-state index contributed by atoms with van der Waals surface area (Å²) in [5.74, 6) is -0.855. The summed E-state index contributed by atoms with van der Waals surface area (Å²) in [5.41, 5.74) is 1.33. The van der Waals surface area contributed by atoms with Crippen LogP contribution in [0.2, 0.25) is 0 Å². The van der Waals surface area contributed by atoms with Crippen LogP contribution in [0.3, 0.4) is 0 Å². The van der Waals surface area contributed by atoms with E-state index in [1.807, 2.05) is 12.1 Å². The zero-order chi connectivity index (χ0) is 18.2. The zero-order valence-electron chi connectivity index (χ0n) is 14.1. The molecule has 0 bridgehead atoms. The average molecular weight is 350 g/mol. The second-order valence-electron chi connectivity index (χ2n) is 5.27. The Balaban J connectivity index is 1.77. The summed E-state index contributed by atoms with van der Waals surface area (Å²) >= 11 is 0. The maximum absolute atomic E-state index is 13.1. The van der Waals surface area contributed by atoms with Crippen molar-refractivity contribution in [3.8, 4) is 11.5 Å². The van der Waals surface area contributed by atoms with Crippen molar-refractivity contribution in [3.63, 3.8) is 0 Å². The molecule has 0 saturated carbocycles. The van der Waals surface area contributed by atoms with Gasteiger partial charge in [0.2, 0.25) is 5.91 Å². The molecule has 0 spiro atoms. The molecule has 0 fully saturated rings. The highest BCUT2D eigenvalue weighted by Gasteiger charge is 2.06. The van der Waals surface area contributed by atoms with Gasteiger partial charge in [0.25, 0.3) is 0 Å². The molecule has 2 N–H and O–H groups in total. The summed E-state index contributed by atoms with van der Waals surface area (Å²) < 4.78 is 36.3. The number of carbonyl (C=O) groups is 1. The Bertz CT molecular complexity index is 738. The summed E-state index contributed by atoms with van der Waals surface area (Å²) in [6.07, 6.45) is 0.622. The van der Waals surface area contributed by atoms with Gasteiger partial charge in [0.05, 0.1) is 20.8 Å². The van der Waals surface area contributed by atoms with Crippen molar-refractivity contribution in [2.75, 3.05) is 32.6 Å². The smallest absolute Gasteiger partial charge is 0.239 e. The average Bonchev–Trinajstić information content (AvgIpc) is 2.62. The lowest BCUT2D eigenvalue weighted by Gasteiger charge is -2.10. The van der Waals surface area contributed by atoms with Crippen molar-refractivity contribution in [3.05, 3.63) is 53.6 Å². The molecule has 134 valence electrons. The first-order valence-electron chi connectivity index (χ1n) is 7.70. The molecule has 2 aromatic carbocycles. The fraction of sp³-hybridized carbons (Fsp3) is 0.278. The number of methoxy groups -OCH3 is 2. The zero-order valence-corrected chi connectivity index (χ0v) is 14.1. The van der Waals surface area contributed by atoms with E-state index < -0.39 is 11.6 Å². The quantitative estimate of drug-likeness (QED) is 0.769. The summed E-state index contributed by atoms with van der Waals surface area (Å²) in [6.45, 7) is 0.408. The minimum atomic E-state index is -0.959. The summed E-state index contributed by atoms with van der Waals surface area (Å²) in [5, 5.41) is 5.49. The van der Waals surface area contributed by atoms with E-state index in [1.165, 1.54) is 6.07 Å². The van der Waals surface area contributed by atoms with Crippen LogP contribution in [0.4, 0.5) is 14.5 Å². The van der Waals surface area contributed by atoms with Crippen LogP contribution in [0.5, 0.6) is 11.5 Å². The van der Waals surface area contributed by atoms with E-state index in [2.05, 4.69) is 10.6 Å². The highest BCUT2D eigenvalue weighted by Crippen LogP contribution is 2.27. The van der Waals surface area contributed by atoms with Crippen molar-refractivity contribution < 1.29 is 23.0 Å². The van der Waals surface area contributed by atoms with Crippen LogP contribution in [0, 0.1) is 11.6 Å². The van der Waals surface area contributed by atoms with Crippen molar-refractivity contribution in [1.82, 2.24) is 5.32 Å². The van der Waals surface area contributed by atoms with Crippen LogP contribution in [-0.2, 0) is 11.2 Å². The van der Waals surface area contributed by atoms with E-state index in [-0.39, 0.29) is 12.5 Å². The third-order valence-electron chi connectivity index (χ3n) is 3.56. The maximum atomic E-state index is 13.1. The molecule has 2 rings (SSSR count). The van der Waals surface area contributed by atoms with Gasteiger partial charge in [0.15, 0.2) is 23.1 Å². The van der Waals surface area contributed by atoms with Crippen molar-refractivity contribution in [2.45, 2.75) is 6.42 Å². The molecule has 5 nitrogen and oxygen atoms in total. The number of hydrogen-bond acceptors (Lipinski definition) is 4. The van der Waals surface area contributed by atoms with Gasteiger partial charge in [-0.1, -0.05) is 6.07 Å². The molecule has 0 unspecified atom stereocenters. The minimum absolute atomic E-state index is 0.0307. The number of nitrogens with one attached hydrogen (secondary N) is 2. The second-order valence-corrected chi connectivity index (χ2v) is 5.27. The largest absolute Gasteiger partial charge is 0.493 e. The van der Waals surface area contributed by atoms with Crippen LogP contribution in [0.15, 0.2) is 36.4 Å². The van der Waals surface area contributed by atoms with Crippen LogP contribution in [-0.4, -0.2) is 33.2 Å². The lowest BCUT2D eigenvalue weighted by Crippen LogP contribution is -2.31. The molecular weight excluding hydrogens is 330 g/mol. The van der Waals surface area contributed by atoms with Gasteiger partial charge in [-0.25, -0.2) is 8.78 Å². The Morgan fingerprint density at radius 3 is 2.44 bits per heavy atom. The predicted octanol–water partition coefficient (Wildman–Crippen LogP) is 2.75. The molecule has 0 aliphatic rings. The van der Waals surface area contributed by atoms with E-state index >= 15 is 0 Å². The number of carbonyl (C=O) groups excluding carboxylic acids is 1. The Morgan fingerprint density at radius 1 is 1.00 bits per heavy atom. The first-order chi connectivity index (χ1) is 12.0. The topological polar surface area (TPSA) is 59.6 Å². The third kappa shape index (κ3) is 5.34. The van der Waals surface area contributed by atoms with E-state index in [0.29, 0.717) is 30.2 Å². The van der Waals surface area contributed by atoms with E-state index in [4.69, 9.17) is 9.47 Å². The predicted molar refractivity (Wildman–Crippen MR) is 91.1 cm³/mol. The Hall–Kier alpha value is -2.83. The minimum Gasteiger partial charge on any atom is -0.493 e. The van der Waals surface area contributed by atoms with Gasteiger partial charge in [-0.05, 0) is 36.2 Å². The number of amides is 1. The van der Waals surface area contributed by atoms with Gasteiger partial charge >= 0.3 is 0 Å². The SMILES string of the molecule is COc1ccc(CCNC(=O)CNc2ccc(F)c(F)c2)cc1OC. The molecule has 0 aromatic heterocycles. The number of anilines is 1. The standard InChI is InChI=1S/C18H20F2N2O3/c1-24-16-6-3-12(9-17(16)25-2)7-8-21-18(23)11-22-13-4-5-14(19)15(20)10-13/h3-6,9-10,22H,7-8,11H2,1-2H3,(H,21,23). The lowest BCUT2D eigenvalue weighted by atomic mass is 10.1. The van der Waals surface area contributed by atoms with Gasteiger partial charge in [0, 0.05) is 18.3 Å². The number of hydrogen-bond donors (Lipinski definition) is 2. The van der Waals surface area contributed by atoms with Gasteiger partial charge in [-0.15, -0.1) is 0 Å². The third-order valence-corrected chi connectivity index (χ3v) is 3.56. The molecule has 0 radical (unpaired) electrons. The van der Waals surface area contributed by atoms with E-state index in [0.717, 1.165) is 17.7 Å². The number of rotatable bonds is 8. The Labute approximate surface area is 144 Å². The van der Waals surface area contributed by atoms with Gasteiger partial charge in [0.1, 0.15) is 0 Å². The maximum Gasteiger partial charge on any atom is 0.239 e.